The Morgan fingerprint density at radius 1 is 1.38 bits per heavy atom. The number of likely N-dealkylation sites (N-methyl/N-ethyl adjacent to an activating group) is 1. The number of carbonyl (C=O) groups excluding carboxylic acids is 1. The summed E-state index contributed by atoms with van der Waals surface area (Å²) < 4.78 is 0. The van der Waals surface area contributed by atoms with E-state index in [1.807, 2.05) is 4.90 Å². The first-order valence-electron chi connectivity index (χ1n) is 6.38. The molecule has 1 amide bonds. The van der Waals surface area contributed by atoms with Crippen molar-refractivity contribution in [2.24, 2.45) is 0 Å². The maximum absolute atomic E-state index is 12.0. The maximum Gasteiger partial charge on any atom is 0.224 e. The van der Waals surface area contributed by atoms with Gasteiger partial charge in [0.2, 0.25) is 5.91 Å². The first-order chi connectivity index (χ1) is 7.66. The van der Waals surface area contributed by atoms with Crippen LogP contribution in [0.4, 0.5) is 0 Å². The van der Waals surface area contributed by atoms with Gasteiger partial charge in [-0.15, -0.1) is 0 Å². The summed E-state index contributed by atoms with van der Waals surface area (Å²) >= 11 is 0. The number of piperazine rings is 1. The van der Waals surface area contributed by atoms with Crippen molar-refractivity contribution in [1.29, 1.82) is 0 Å². The predicted molar refractivity (Wildman–Crippen MR) is 64.3 cm³/mol. The molecule has 4 heteroatoms. The van der Waals surface area contributed by atoms with Gasteiger partial charge in [0.1, 0.15) is 0 Å². The molecule has 1 heterocycles. The van der Waals surface area contributed by atoms with E-state index in [9.17, 15) is 4.79 Å². The van der Waals surface area contributed by atoms with E-state index in [-0.39, 0.29) is 0 Å². The van der Waals surface area contributed by atoms with Gasteiger partial charge in [-0.2, -0.15) is 0 Å². The lowest BCUT2D eigenvalue weighted by Gasteiger charge is -2.38. The van der Waals surface area contributed by atoms with Crippen LogP contribution in [0.3, 0.4) is 0 Å². The van der Waals surface area contributed by atoms with Gasteiger partial charge in [0, 0.05) is 44.7 Å². The van der Waals surface area contributed by atoms with Crippen LogP contribution in [0.2, 0.25) is 0 Å². The SMILES string of the molecule is CC1CN(C)CCN1C(=O)CCNC1CC1. The molecular weight excluding hydrogens is 202 g/mol. The summed E-state index contributed by atoms with van der Waals surface area (Å²) in [6.07, 6.45) is 3.24. The van der Waals surface area contributed by atoms with Crippen molar-refractivity contribution in [3.05, 3.63) is 0 Å². The zero-order valence-corrected chi connectivity index (χ0v) is 10.4. The normalized spacial score (nSPS) is 27.1. The van der Waals surface area contributed by atoms with Gasteiger partial charge in [-0.25, -0.2) is 0 Å². The number of nitrogens with one attached hydrogen (secondary N) is 1. The molecule has 1 saturated carbocycles. The van der Waals surface area contributed by atoms with Crippen molar-refractivity contribution < 1.29 is 4.79 Å². The van der Waals surface area contributed by atoms with Gasteiger partial charge >= 0.3 is 0 Å². The molecule has 1 atom stereocenters. The quantitative estimate of drug-likeness (QED) is 0.747. The minimum Gasteiger partial charge on any atom is -0.337 e. The smallest absolute Gasteiger partial charge is 0.224 e. The molecule has 0 spiro atoms. The van der Waals surface area contributed by atoms with Gasteiger partial charge in [-0.05, 0) is 26.8 Å². The molecule has 0 aromatic heterocycles. The molecule has 1 aliphatic heterocycles. The number of carbonyl (C=O) groups is 1. The summed E-state index contributed by atoms with van der Waals surface area (Å²) in [4.78, 5) is 16.3. The van der Waals surface area contributed by atoms with Gasteiger partial charge in [0.05, 0.1) is 0 Å². The van der Waals surface area contributed by atoms with Crippen LogP contribution in [0, 0.1) is 0 Å². The van der Waals surface area contributed by atoms with Gasteiger partial charge in [0.15, 0.2) is 0 Å². The number of nitrogens with zero attached hydrogens (tertiary/aromatic N) is 2. The summed E-state index contributed by atoms with van der Waals surface area (Å²) in [6, 6.07) is 1.07. The van der Waals surface area contributed by atoms with Crippen molar-refractivity contribution in [2.75, 3.05) is 33.2 Å². The fraction of sp³-hybridized carbons (Fsp3) is 0.917. The first-order valence-corrected chi connectivity index (χ1v) is 6.38. The standard InChI is InChI=1S/C12H23N3O/c1-10-9-14(2)7-8-15(10)12(16)5-6-13-11-3-4-11/h10-11,13H,3-9H2,1-2H3. The van der Waals surface area contributed by atoms with Crippen molar-refractivity contribution in [3.63, 3.8) is 0 Å². The molecule has 1 unspecified atom stereocenters. The van der Waals surface area contributed by atoms with E-state index in [0.717, 1.165) is 26.2 Å². The Bertz CT molecular complexity index is 253. The lowest BCUT2D eigenvalue weighted by atomic mass is 10.2. The Morgan fingerprint density at radius 3 is 2.75 bits per heavy atom. The van der Waals surface area contributed by atoms with E-state index in [0.29, 0.717) is 24.4 Å². The monoisotopic (exact) mass is 225 g/mol. The summed E-state index contributed by atoms with van der Waals surface area (Å²) in [7, 11) is 2.12. The minimum atomic E-state index is 0.314. The Hall–Kier alpha value is -0.610. The molecule has 4 nitrogen and oxygen atoms in total. The molecule has 0 aromatic rings. The molecule has 1 N–H and O–H groups in total. The molecule has 1 aliphatic carbocycles. The van der Waals surface area contributed by atoms with Crippen molar-refractivity contribution in [2.45, 2.75) is 38.3 Å². The second-order valence-electron chi connectivity index (χ2n) is 5.18. The molecule has 2 aliphatic rings. The van der Waals surface area contributed by atoms with E-state index in [4.69, 9.17) is 0 Å². The van der Waals surface area contributed by atoms with Crippen LogP contribution in [0.5, 0.6) is 0 Å². The van der Waals surface area contributed by atoms with Gasteiger partial charge < -0.3 is 15.1 Å². The second-order valence-corrected chi connectivity index (χ2v) is 5.18. The highest BCUT2D eigenvalue weighted by molar-refractivity contribution is 5.76. The topological polar surface area (TPSA) is 35.6 Å². The van der Waals surface area contributed by atoms with E-state index < -0.39 is 0 Å². The molecule has 0 bridgehead atoms. The molecule has 2 fully saturated rings. The summed E-state index contributed by atoms with van der Waals surface area (Å²) in [5.74, 6) is 0.314. The van der Waals surface area contributed by atoms with Crippen molar-refractivity contribution in [3.8, 4) is 0 Å². The van der Waals surface area contributed by atoms with Crippen LogP contribution in [0.1, 0.15) is 26.2 Å². The first kappa shape index (κ1) is 11.9. The predicted octanol–water partition coefficient (Wildman–Crippen LogP) is 0.291. The van der Waals surface area contributed by atoms with Crippen LogP contribution in [-0.4, -0.2) is 61.0 Å². The maximum atomic E-state index is 12.0. The fourth-order valence-corrected chi connectivity index (χ4v) is 2.32. The average Bonchev–Trinajstić information content (AvgIpc) is 3.01. The van der Waals surface area contributed by atoms with Crippen LogP contribution in [0.25, 0.3) is 0 Å². The lowest BCUT2D eigenvalue weighted by molar-refractivity contribution is -0.135. The lowest BCUT2D eigenvalue weighted by Crippen LogP contribution is -2.53. The van der Waals surface area contributed by atoms with Crippen LogP contribution in [-0.2, 0) is 4.79 Å². The third-order valence-corrected chi connectivity index (χ3v) is 3.50. The number of amides is 1. The minimum absolute atomic E-state index is 0.314. The molecule has 1 saturated heterocycles. The molecule has 0 radical (unpaired) electrons. The highest BCUT2D eigenvalue weighted by Gasteiger charge is 2.26. The fourth-order valence-electron chi connectivity index (χ4n) is 2.32. The van der Waals surface area contributed by atoms with E-state index in [1.165, 1.54) is 12.8 Å². The number of rotatable bonds is 4. The molecule has 2 rings (SSSR count). The Kier molecular flexibility index (Phi) is 3.82. The Morgan fingerprint density at radius 2 is 2.12 bits per heavy atom. The zero-order valence-electron chi connectivity index (χ0n) is 10.4. The third-order valence-electron chi connectivity index (χ3n) is 3.50. The Labute approximate surface area is 98.0 Å². The molecule has 16 heavy (non-hydrogen) atoms. The van der Waals surface area contributed by atoms with Crippen LogP contribution in [0.15, 0.2) is 0 Å². The van der Waals surface area contributed by atoms with Gasteiger partial charge in [-0.3, -0.25) is 4.79 Å². The second kappa shape index (κ2) is 5.15. The van der Waals surface area contributed by atoms with E-state index in [2.05, 4.69) is 24.2 Å². The molecule has 0 aromatic carbocycles. The van der Waals surface area contributed by atoms with Gasteiger partial charge in [-0.1, -0.05) is 0 Å². The van der Waals surface area contributed by atoms with E-state index in [1.54, 1.807) is 0 Å². The van der Waals surface area contributed by atoms with Crippen LogP contribution < -0.4 is 5.32 Å². The van der Waals surface area contributed by atoms with Crippen molar-refractivity contribution in [1.82, 2.24) is 15.1 Å². The Balaban J connectivity index is 1.70. The van der Waals surface area contributed by atoms with E-state index >= 15 is 0 Å². The molecular formula is C12H23N3O. The average molecular weight is 225 g/mol. The summed E-state index contributed by atoms with van der Waals surface area (Å²) in [5.41, 5.74) is 0. The van der Waals surface area contributed by atoms with Gasteiger partial charge in [0.25, 0.3) is 0 Å². The highest BCUT2D eigenvalue weighted by atomic mass is 16.2. The van der Waals surface area contributed by atoms with Crippen LogP contribution >= 0.6 is 0 Å². The van der Waals surface area contributed by atoms with Crippen molar-refractivity contribution >= 4 is 5.91 Å². The zero-order chi connectivity index (χ0) is 11.5. The number of hydrogen-bond donors (Lipinski definition) is 1. The summed E-state index contributed by atoms with van der Waals surface area (Å²) in [5, 5.41) is 3.39. The largest absolute Gasteiger partial charge is 0.337 e. The molecule has 92 valence electrons. The number of hydrogen-bond acceptors (Lipinski definition) is 3. The highest BCUT2D eigenvalue weighted by Crippen LogP contribution is 2.18. The summed E-state index contributed by atoms with van der Waals surface area (Å²) in [6.45, 7) is 5.89. The third kappa shape index (κ3) is 3.19.